The van der Waals surface area contributed by atoms with E-state index in [2.05, 4.69) is 13.8 Å². The van der Waals surface area contributed by atoms with Crippen LogP contribution in [-0.2, 0) is 33.5 Å². The van der Waals surface area contributed by atoms with E-state index >= 15 is 0 Å². The van der Waals surface area contributed by atoms with E-state index < -0.39 is 0 Å². The quantitative estimate of drug-likeness (QED) is 0.593. The number of rotatable bonds is 2. The van der Waals surface area contributed by atoms with Gasteiger partial charge in [0.2, 0.25) is 0 Å². The van der Waals surface area contributed by atoms with Crippen LogP contribution in [-0.4, -0.2) is 6.10 Å². The van der Waals surface area contributed by atoms with Crippen molar-refractivity contribution in [3.05, 3.63) is 0 Å². The first-order chi connectivity index (χ1) is 2.81. The minimum absolute atomic E-state index is 0.493. The Bertz CT molecular complexity index is 26.7. The van der Waals surface area contributed by atoms with E-state index in [4.69, 9.17) is 2.05 Å². The first-order valence-electron chi connectivity index (χ1n) is 2.16. The average molecular weight is 162 g/mol. The molecular weight excluding hydrogens is 153 g/mol. The van der Waals surface area contributed by atoms with E-state index in [-0.39, 0.29) is 0 Å². The summed E-state index contributed by atoms with van der Waals surface area (Å²) in [7, 11) is 0. The molecule has 0 aliphatic heterocycles. The Balaban J connectivity index is 2.75. The molecule has 0 aromatic rings. The molecule has 0 rings (SSSR count). The third-order valence-electron chi connectivity index (χ3n) is 0.807. The van der Waals surface area contributed by atoms with Crippen LogP contribution in [0.3, 0.4) is 0 Å². The van der Waals surface area contributed by atoms with Crippen molar-refractivity contribution >= 4 is 0 Å². The van der Waals surface area contributed by atoms with E-state index in [9.17, 15) is 0 Å². The molecule has 1 unspecified atom stereocenters. The molecule has 0 saturated heterocycles. The van der Waals surface area contributed by atoms with Gasteiger partial charge in [0.25, 0.3) is 0 Å². The summed E-state index contributed by atoms with van der Waals surface area (Å²) in [6.07, 6.45) is 1.63. The molecule has 34 valence electrons. The molecule has 1 atom stereocenters. The van der Waals surface area contributed by atoms with E-state index in [1.807, 2.05) is 0 Å². The third kappa shape index (κ3) is 3.26. The number of hydrogen-bond donors (Lipinski definition) is 0. The Morgan fingerprint density at radius 1 is 1.83 bits per heavy atom. The van der Waals surface area contributed by atoms with Crippen LogP contribution < -0.4 is 0 Å². The fraction of sp³-hybridized carbons (Fsp3) is 1.00. The average Bonchev–Trinajstić information content (AvgIpc) is 1.65. The Morgan fingerprint density at radius 2 is 2.33 bits per heavy atom. The predicted octanol–water partition coefficient (Wildman–Crippen LogP) is 1.26. The first kappa shape index (κ1) is 7.06. The molecule has 0 N–H and O–H groups in total. The molecule has 0 spiro atoms. The zero-order chi connectivity index (χ0) is 4.99. The van der Waals surface area contributed by atoms with Crippen molar-refractivity contribution in [3.8, 4) is 0 Å². The molecule has 6 heavy (non-hydrogen) atoms. The maximum absolute atomic E-state index is 5.03. The second-order valence-corrected chi connectivity index (χ2v) is 2.02. The number of hydrogen-bond acceptors (Lipinski definition) is 1. The van der Waals surface area contributed by atoms with Crippen molar-refractivity contribution in [2.24, 2.45) is 0 Å². The fourth-order valence-electron chi connectivity index (χ4n) is 0.0962. The summed E-state index contributed by atoms with van der Waals surface area (Å²) in [5.41, 5.74) is 0. The second-order valence-electron chi connectivity index (χ2n) is 1.35. The van der Waals surface area contributed by atoms with E-state index in [0.29, 0.717) is 6.10 Å². The molecule has 0 aliphatic rings. The summed E-state index contributed by atoms with van der Waals surface area (Å²) in [6, 6.07) is 0. The van der Waals surface area contributed by atoms with Gasteiger partial charge < -0.3 is 0 Å². The van der Waals surface area contributed by atoms with Gasteiger partial charge in [-0.3, -0.25) is 0 Å². The summed E-state index contributed by atoms with van der Waals surface area (Å²) < 4.78 is 5.03. The van der Waals surface area contributed by atoms with E-state index in [1.165, 1.54) is 0 Å². The van der Waals surface area contributed by atoms with Gasteiger partial charge in [-0.25, -0.2) is 0 Å². The van der Waals surface area contributed by atoms with Crippen LogP contribution in [0.1, 0.15) is 20.3 Å². The van der Waals surface area contributed by atoms with Crippen molar-refractivity contribution in [1.29, 1.82) is 0 Å². The van der Waals surface area contributed by atoms with Gasteiger partial charge in [0, 0.05) is 0 Å². The van der Waals surface area contributed by atoms with Crippen LogP contribution in [0.2, 0.25) is 0 Å². The summed E-state index contributed by atoms with van der Waals surface area (Å²) in [6.45, 7) is 4.21. The third-order valence-corrected chi connectivity index (χ3v) is 1.95. The molecule has 0 aromatic heterocycles. The van der Waals surface area contributed by atoms with Crippen LogP contribution >= 0.6 is 0 Å². The zero-order valence-electron chi connectivity index (χ0n) is 4.27. The normalized spacial score (nSPS) is 14.2. The Hall–Kier alpha value is 1.06. The molecule has 0 radical (unpaired) electrons. The van der Waals surface area contributed by atoms with E-state index in [1.54, 1.807) is 0 Å². The van der Waals surface area contributed by atoms with Gasteiger partial charge >= 0.3 is 59.9 Å². The molecule has 0 aliphatic carbocycles. The van der Waals surface area contributed by atoms with Gasteiger partial charge in [-0.05, 0) is 0 Å². The summed E-state index contributed by atoms with van der Waals surface area (Å²) in [5, 5.41) is 0. The summed E-state index contributed by atoms with van der Waals surface area (Å²) in [4.78, 5) is 0. The molecule has 0 heterocycles. The zero-order valence-corrected chi connectivity index (χ0v) is 7.11. The topological polar surface area (TPSA) is 9.23 Å². The van der Waals surface area contributed by atoms with Gasteiger partial charge in [0.05, 0.1) is 0 Å². The van der Waals surface area contributed by atoms with Crippen LogP contribution in [0.15, 0.2) is 0 Å². The molecule has 1 nitrogen and oxygen atoms in total. The van der Waals surface area contributed by atoms with Crippen molar-refractivity contribution in [2.45, 2.75) is 26.4 Å². The van der Waals surface area contributed by atoms with Gasteiger partial charge in [0.15, 0.2) is 0 Å². The molecule has 2 heteroatoms. The molecule has 0 bridgehead atoms. The predicted molar refractivity (Wildman–Crippen MR) is 20.8 cm³/mol. The van der Waals surface area contributed by atoms with Crippen molar-refractivity contribution in [2.75, 3.05) is 0 Å². The summed E-state index contributed by atoms with van der Waals surface area (Å²) >= 11 is 0.937. The Labute approximate surface area is 59.7 Å². The van der Waals surface area contributed by atoms with Gasteiger partial charge in [-0.2, -0.15) is 0 Å². The summed E-state index contributed by atoms with van der Waals surface area (Å²) in [5.74, 6) is 0. The maximum atomic E-state index is 5.03. The van der Waals surface area contributed by atoms with Gasteiger partial charge in [-0.15, -0.1) is 0 Å². The first-order valence-corrected chi connectivity index (χ1v) is 3.32. The van der Waals surface area contributed by atoms with Crippen molar-refractivity contribution in [3.63, 3.8) is 0 Å². The van der Waals surface area contributed by atoms with Gasteiger partial charge in [0.1, 0.15) is 0 Å². The second kappa shape index (κ2) is 4.23. The van der Waals surface area contributed by atoms with Crippen LogP contribution in [0.25, 0.3) is 0 Å². The Kier molecular flexibility index (Phi) is 4.98. The van der Waals surface area contributed by atoms with Crippen molar-refractivity contribution < 1.29 is 33.5 Å². The standard InChI is InChI=1S/C4H9O.Y/c1-3-4(2)5;/h4H,3H2,1-2H3;/q-1;+1. The molecule has 0 fully saturated rings. The SMILES string of the molecule is CCC(C)[O][Y]. The van der Waals surface area contributed by atoms with Crippen LogP contribution in [0.4, 0.5) is 0 Å². The molecule has 0 saturated carbocycles. The van der Waals surface area contributed by atoms with Crippen LogP contribution in [0, 0.1) is 0 Å². The molecule has 0 amide bonds. The van der Waals surface area contributed by atoms with E-state index in [0.717, 1.165) is 37.9 Å². The molecule has 0 aromatic carbocycles. The fourth-order valence-corrected chi connectivity index (χ4v) is 0.569. The minimum atomic E-state index is 0.493. The van der Waals surface area contributed by atoms with Crippen LogP contribution in [0.5, 0.6) is 0 Å². The Morgan fingerprint density at radius 3 is 2.33 bits per heavy atom. The van der Waals surface area contributed by atoms with Gasteiger partial charge in [-0.1, -0.05) is 0 Å². The molecular formula is C4H9OY. The van der Waals surface area contributed by atoms with Crippen molar-refractivity contribution in [1.82, 2.24) is 0 Å². The monoisotopic (exact) mass is 162 g/mol.